The number of rotatable bonds is 9. The number of hydrogen-bond donors (Lipinski definition) is 0. The second kappa shape index (κ2) is 9.33. The molecule has 0 saturated heterocycles. The lowest BCUT2D eigenvalue weighted by Gasteiger charge is -2.23. The summed E-state index contributed by atoms with van der Waals surface area (Å²) in [6.45, 7) is 2.74. The van der Waals surface area contributed by atoms with Crippen LogP contribution in [0.3, 0.4) is 0 Å². The number of carbonyl (C=O) groups is 1. The molecule has 1 aliphatic rings. The van der Waals surface area contributed by atoms with E-state index in [1.54, 1.807) is 6.20 Å². The fourth-order valence-corrected chi connectivity index (χ4v) is 3.56. The second-order valence-corrected chi connectivity index (χ2v) is 7.15. The minimum atomic E-state index is -0.0833. The van der Waals surface area contributed by atoms with Crippen LogP contribution in [-0.2, 0) is 9.53 Å². The Morgan fingerprint density at radius 3 is 2.82 bits per heavy atom. The smallest absolute Gasteiger partial charge is 0.307 e. The Morgan fingerprint density at radius 1 is 1.41 bits per heavy atom. The van der Waals surface area contributed by atoms with Gasteiger partial charge in [-0.05, 0) is 41.1 Å². The van der Waals surface area contributed by atoms with Crippen LogP contribution in [0, 0.1) is 5.92 Å². The molecular weight excluding hydrogens is 344 g/mol. The molecule has 5 heteroatoms. The largest absolute Gasteiger partial charge is 0.466 e. The van der Waals surface area contributed by atoms with Crippen molar-refractivity contribution in [2.75, 3.05) is 6.61 Å². The van der Waals surface area contributed by atoms with Crippen molar-refractivity contribution in [3.8, 4) is 0 Å². The van der Waals surface area contributed by atoms with Crippen LogP contribution >= 0.6 is 15.9 Å². The van der Waals surface area contributed by atoms with Gasteiger partial charge in [-0.15, -0.1) is 0 Å². The van der Waals surface area contributed by atoms with Crippen LogP contribution < -0.4 is 0 Å². The van der Waals surface area contributed by atoms with E-state index in [9.17, 15) is 4.79 Å². The molecule has 0 spiro atoms. The molecule has 1 heterocycles. The highest BCUT2D eigenvalue weighted by atomic mass is 79.9. The lowest BCUT2D eigenvalue weighted by atomic mass is 9.95. The first kappa shape index (κ1) is 17.5. The monoisotopic (exact) mass is 370 g/mol. The van der Waals surface area contributed by atoms with Crippen LogP contribution in [0.5, 0.6) is 0 Å². The number of hydrogen-bond acceptors (Lipinski definition) is 3. The van der Waals surface area contributed by atoms with Crippen molar-refractivity contribution in [3.63, 3.8) is 0 Å². The molecular formula is C17H27BrN2O2. The average molecular weight is 371 g/mol. The lowest BCUT2D eigenvalue weighted by Crippen LogP contribution is -2.22. The van der Waals surface area contributed by atoms with Crippen LogP contribution in [0.15, 0.2) is 16.9 Å². The minimum Gasteiger partial charge on any atom is -0.466 e. The maximum absolute atomic E-state index is 12.1. The van der Waals surface area contributed by atoms with Crippen LogP contribution in [0.25, 0.3) is 0 Å². The molecule has 1 aromatic rings. The molecule has 4 nitrogen and oxygen atoms in total. The molecule has 0 aliphatic heterocycles. The number of nitrogens with zero attached hydrogens (tertiary/aromatic N) is 2. The van der Waals surface area contributed by atoms with Gasteiger partial charge in [-0.25, -0.2) is 0 Å². The standard InChI is InChI=1S/C17H27BrN2O2/c1-2-3-4-7-10-22-17(21)11-16(14-8-5-6-9-14)20-13-15(18)12-19-20/h12-14,16H,2-11H2,1H3. The molecule has 0 bridgehead atoms. The van der Waals surface area contributed by atoms with E-state index in [4.69, 9.17) is 4.74 Å². The van der Waals surface area contributed by atoms with Crippen LogP contribution in [0.4, 0.5) is 0 Å². The number of unbranched alkanes of at least 4 members (excludes halogenated alkanes) is 3. The lowest BCUT2D eigenvalue weighted by molar-refractivity contribution is -0.145. The summed E-state index contributed by atoms with van der Waals surface area (Å²) in [5.74, 6) is 0.458. The molecule has 0 radical (unpaired) electrons. The quantitative estimate of drug-likeness (QED) is 0.459. The molecule has 0 N–H and O–H groups in total. The summed E-state index contributed by atoms with van der Waals surface area (Å²) in [4.78, 5) is 12.1. The van der Waals surface area contributed by atoms with Gasteiger partial charge in [0, 0.05) is 6.20 Å². The van der Waals surface area contributed by atoms with Crippen molar-refractivity contribution < 1.29 is 9.53 Å². The number of halogens is 1. The molecule has 1 atom stereocenters. The van der Waals surface area contributed by atoms with E-state index in [0.29, 0.717) is 18.9 Å². The molecule has 1 aliphatic carbocycles. The summed E-state index contributed by atoms with van der Waals surface area (Å²) >= 11 is 3.44. The Balaban J connectivity index is 1.85. The Morgan fingerprint density at radius 2 is 2.18 bits per heavy atom. The van der Waals surface area contributed by atoms with E-state index in [1.807, 2.05) is 10.9 Å². The Bertz CT molecular complexity index is 455. The summed E-state index contributed by atoms with van der Waals surface area (Å²) in [7, 11) is 0. The molecule has 0 aromatic carbocycles. The van der Waals surface area contributed by atoms with Crippen LogP contribution in [0.1, 0.15) is 70.8 Å². The number of ether oxygens (including phenoxy) is 1. The predicted molar refractivity (Wildman–Crippen MR) is 90.6 cm³/mol. The highest BCUT2D eigenvalue weighted by Crippen LogP contribution is 2.36. The number of carbonyl (C=O) groups excluding carboxylic acids is 1. The van der Waals surface area contributed by atoms with E-state index in [-0.39, 0.29) is 12.0 Å². The van der Waals surface area contributed by atoms with Gasteiger partial charge in [-0.3, -0.25) is 9.48 Å². The molecule has 22 heavy (non-hydrogen) atoms. The molecule has 1 aromatic heterocycles. The van der Waals surface area contributed by atoms with Crippen molar-refractivity contribution >= 4 is 21.9 Å². The van der Waals surface area contributed by atoms with Gasteiger partial charge in [-0.2, -0.15) is 5.10 Å². The zero-order chi connectivity index (χ0) is 15.8. The Hall–Kier alpha value is -0.840. The molecule has 124 valence electrons. The Kier molecular flexibility index (Phi) is 7.43. The molecule has 0 amide bonds. The SMILES string of the molecule is CCCCCCOC(=O)CC(C1CCCC1)n1cc(Br)cn1. The van der Waals surface area contributed by atoms with Gasteiger partial charge in [0.25, 0.3) is 0 Å². The third-order valence-electron chi connectivity index (χ3n) is 4.49. The summed E-state index contributed by atoms with van der Waals surface area (Å²) in [5, 5.41) is 4.40. The van der Waals surface area contributed by atoms with Crippen molar-refractivity contribution in [1.82, 2.24) is 9.78 Å². The highest BCUT2D eigenvalue weighted by molar-refractivity contribution is 9.10. The first-order valence-electron chi connectivity index (χ1n) is 8.56. The van der Waals surface area contributed by atoms with Crippen molar-refractivity contribution in [2.24, 2.45) is 5.92 Å². The molecule has 1 saturated carbocycles. The van der Waals surface area contributed by atoms with Gasteiger partial charge in [0.05, 0.1) is 29.7 Å². The van der Waals surface area contributed by atoms with Gasteiger partial charge in [0.1, 0.15) is 0 Å². The summed E-state index contributed by atoms with van der Waals surface area (Å²) in [5.41, 5.74) is 0. The highest BCUT2D eigenvalue weighted by Gasteiger charge is 2.29. The topological polar surface area (TPSA) is 44.1 Å². The van der Waals surface area contributed by atoms with Crippen LogP contribution in [0.2, 0.25) is 0 Å². The zero-order valence-electron chi connectivity index (χ0n) is 13.5. The zero-order valence-corrected chi connectivity index (χ0v) is 15.1. The molecule has 1 fully saturated rings. The average Bonchev–Trinajstić information content (AvgIpc) is 3.16. The molecule has 2 rings (SSSR count). The number of esters is 1. The Labute approximate surface area is 141 Å². The van der Waals surface area contributed by atoms with Gasteiger partial charge in [-0.1, -0.05) is 39.0 Å². The van der Waals surface area contributed by atoms with Crippen molar-refractivity contribution in [2.45, 2.75) is 70.8 Å². The van der Waals surface area contributed by atoms with Gasteiger partial charge in [0.15, 0.2) is 0 Å². The van der Waals surface area contributed by atoms with Crippen LogP contribution in [-0.4, -0.2) is 22.4 Å². The summed E-state index contributed by atoms with van der Waals surface area (Å²) < 4.78 is 8.32. The maximum Gasteiger partial charge on any atom is 0.307 e. The number of aromatic nitrogens is 2. The van der Waals surface area contributed by atoms with E-state index in [2.05, 4.69) is 28.0 Å². The molecule has 1 unspecified atom stereocenters. The van der Waals surface area contributed by atoms with Crippen molar-refractivity contribution in [3.05, 3.63) is 16.9 Å². The normalized spacial score (nSPS) is 16.8. The first-order valence-corrected chi connectivity index (χ1v) is 9.35. The van der Waals surface area contributed by atoms with Gasteiger partial charge >= 0.3 is 5.97 Å². The maximum atomic E-state index is 12.1. The van der Waals surface area contributed by atoms with E-state index >= 15 is 0 Å². The summed E-state index contributed by atoms with van der Waals surface area (Å²) in [6.07, 6.45) is 13.6. The fraction of sp³-hybridized carbons (Fsp3) is 0.765. The second-order valence-electron chi connectivity index (χ2n) is 6.24. The van der Waals surface area contributed by atoms with Gasteiger partial charge < -0.3 is 4.74 Å². The van der Waals surface area contributed by atoms with E-state index in [0.717, 1.165) is 17.3 Å². The first-order chi connectivity index (χ1) is 10.7. The van der Waals surface area contributed by atoms with E-state index < -0.39 is 0 Å². The van der Waals surface area contributed by atoms with E-state index in [1.165, 1.54) is 38.5 Å². The third-order valence-corrected chi connectivity index (χ3v) is 4.90. The van der Waals surface area contributed by atoms with Gasteiger partial charge in [0.2, 0.25) is 0 Å². The predicted octanol–water partition coefficient (Wildman–Crippen LogP) is 4.89. The summed E-state index contributed by atoms with van der Waals surface area (Å²) in [6, 6.07) is 0.136. The third kappa shape index (κ3) is 5.41. The van der Waals surface area contributed by atoms with Crippen molar-refractivity contribution in [1.29, 1.82) is 0 Å². The fourth-order valence-electron chi connectivity index (χ4n) is 3.26. The minimum absolute atomic E-state index is 0.0833.